The lowest BCUT2D eigenvalue weighted by atomic mass is 10.3. The van der Waals surface area contributed by atoms with Crippen molar-refractivity contribution in [1.82, 2.24) is 24.0 Å². The summed E-state index contributed by atoms with van der Waals surface area (Å²) in [7, 11) is 1.94. The monoisotopic (exact) mass is 391 g/mol. The molecule has 0 spiro atoms. The molecule has 0 unspecified atom stereocenters. The highest BCUT2D eigenvalue weighted by molar-refractivity contribution is 5.78. The molecule has 1 amide bonds. The molecule has 150 valence electrons. The van der Waals surface area contributed by atoms with Crippen LogP contribution >= 0.6 is 0 Å². The molecule has 0 atom stereocenters. The number of amides is 1. The number of rotatable bonds is 7. The molecule has 0 bridgehead atoms. The van der Waals surface area contributed by atoms with Crippen molar-refractivity contribution >= 4 is 28.0 Å². The van der Waals surface area contributed by atoms with E-state index < -0.39 is 0 Å². The molecule has 2 aromatic carbocycles. The first-order chi connectivity index (χ1) is 14.1. The molecule has 4 rings (SSSR count). The van der Waals surface area contributed by atoms with Crippen LogP contribution in [0.15, 0.2) is 53.3 Å². The fourth-order valence-corrected chi connectivity index (χ4v) is 3.76. The molecule has 0 aliphatic heterocycles. The van der Waals surface area contributed by atoms with Crippen molar-refractivity contribution in [2.75, 3.05) is 0 Å². The number of fused-ring (bicyclic) bond motifs is 2. The van der Waals surface area contributed by atoms with Crippen LogP contribution in [0.4, 0.5) is 0 Å². The fraction of sp³-hybridized carbons (Fsp3) is 0.318. The number of aryl methyl sites for hydroxylation is 3. The Labute approximate surface area is 168 Å². The molecular formula is C22H25N5O2. The second kappa shape index (κ2) is 7.95. The number of benzene rings is 2. The molecule has 0 saturated heterocycles. The summed E-state index contributed by atoms with van der Waals surface area (Å²) >= 11 is 0. The van der Waals surface area contributed by atoms with Gasteiger partial charge in [0.15, 0.2) is 0 Å². The number of aromatic nitrogens is 4. The second-order valence-corrected chi connectivity index (χ2v) is 7.18. The minimum atomic E-state index is -0.101. The largest absolute Gasteiger partial charge is 0.349 e. The van der Waals surface area contributed by atoms with Gasteiger partial charge in [0.25, 0.3) is 0 Å². The lowest BCUT2D eigenvalue weighted by Gasteiger charge is -2.06. The Morgan fingerprint density at radius 3 is 2.24 bits per heavy atom. The van der Waals surface area contributed by atoms with Crippen molar-refractivity contribution in [1.29, 1.82) is 0 Å². The van der Waals surface area contributed by atoms with E-state index in [-0.39, 0.29) is 18.0 Å². The van der Waals surface area contributed by atoms with Gasteiger partial charge in [-0.05, 0) is 30.7 Å². The summed E-state index contributed by atoms with van der Waals surface area (Å²) in [5, 5.41) is 2.93. The molecule has 0 saturated carbocycles. The summed E-state index contributed by atoms with van der Waals surface area (Å²) in [6.45, 7) is 3.43. The van der Waals surface area contributed by atoms with Crippen LogP contribution < -0.4 is 11.0 Å². The maximum atomic E-state index is 12.8. The Morgan fingerprint density at radius 2 is 1.59 bits per heavy atom. The van der Waals surface area contributed by atoms with Gasteiger partial charge in [0.05, 0.1) is 28.6 Å². The van der Waals surface area contributed by atoms with Crippen LogP contribution in [0.25, 0.3) is 22.1 Å². The molecule has 0 aliphatic carbocycles. The molecule has 1 N–H and O–H groups in total. The Morgan fingerprint density at radius 1 is 0.966 bits per heavy atom. The first-order valence-corrected chi connectivity index (χ1v) is 9.95. The summed E-state index contributed by atoms with van der Waals surface area (Å²) in [5.41, 5.74) is 3.67. The zero-order chi connectivity index (χ0) is 20.4. The van der Waals surface area contributed by atoms with Crippen LogP contribution in [0.1, 0.15) is 25.6 Å². The van der Waals surface area contributed by atoms with Crippen LogP contribution in [0.5, 0.6) is 0 Å². The van der Waals surface area contributed by atoms with Crippen LogP contribution in [-0.4, -0.2) is 24.6 Å². The number of nitrogens with zero attached hydrogens (tertiary/aromatic N) is 4. The highest BCUT2D eigenvalue weighted by atomic mass is 16.2. The van der Waals surface area contributed by atoms with E-state index in [2.05, 4.69) is 10.3 Å². The van der Waals surface area contributed by atoms with E-state index >= 15 is 0 Å². The van der Waals surface area contributed by atoms with E-state index in [9.17, 15) is 9.59 Å². The standard InChI is InChI=1S/C22H25N5O2/c1-3-13-26-18-10-6-7-11-19(18)27(22(26)29)14-12-21(28)23-15-20-24-16-8-4-5-9-17(16)25(20)2/h4-11H,3,12-15H2,1-2H3,(H,23,28). The first kappa shape index (κ1) is 19.0. The molecule has 4 aromatic rings. The summed E-state index contributed by atoms with van der Waals surface area (Å²) < 4.78 is 5.46. The number of para-hydroxylation sites is 4. The predicted octanol–water partition coefficient (Wildman–Crippen LogP) is 2.81. The van der Waals surface area contributed by atoms with Gasteiger partial charge in [-0.25, -0.2) is 9.78 Å². The average molecular weight is 391 g/mol. The molecule has 2 heterocycles. The number of carbonyl (C=O) groups excluding carboxylic acids is 1. The lowest BCUT2D eigenvalue weighted by Crippen LogP contribution is -2.29. The van der Waals surface area contributed by atoms with Crippen molar-refractivity contribution in [3.8, 4) is 0 Å². The molecule has 7 heteroatoms. The number of imidazole rings is 2. The van der Waals surface area contributed by atoms with Gasteiger partial charge in [0.1, 0.15) is 5.82 Å². The minimum Gasteiger partial charge on any atom is -0.349 e. The molecule has 2 aromatic heterocycles. The maximum absolute atomic E-state index is 12.8. The van der Waals surface area contributed by atoms with Gasteiger partial charge >= 0.3 is 5.69 Å². The first-order valence-electron chi connectivity index (χ1n) is 9.95. The zero-order valence-electron chi connectivity index (χ0n) is 16.8. The van der Waals surface area contributed by atoms with Crippen molar-refractivity contribution in [3.63, 3.8) is 0 Å². The Hall–Kier alpha value is -3.35. The van der Waals surface area contributed by atoms with Crippen molar-refractivity contribution in [3.05, 3.63) is 64.8 Å². The topological polar surface area (TPSA) is 73.8 Å². The molecule has 0 radical (unpaired) electrons. The van der Waals surface area contributed by atoms with Crippen LogP contribution in [0.3, 0.4) is 0 Å². The summed E-state index contributed by atoms with van der Waals surface area (Å²) in [6.07, 6.45) is 1.12. The molecule has 29 heavy (non-hydrogen) atoms. The highest BCUT2D eigenvalue weighted by Crippen LogP contribution is 2.15. The van der Waals surface area contributed by atoms with Gasteiger partial charge in [-0.1, -0.05) is 31.2 Å². The van der Waals surface area contributed by atoms with Gasteiger partial charge in [-0.15, -0.1) is 0 Å². The fourth-order valence-electron chi connectivity index (χ4n) is 3.76. The smallest absolute Gasteiger partial charge is 0.329 e. The average Bonchev–Trinajstić information content (AvgIpc) is 3.20. The maximum Gasteiger partial charge on any atom is 0.329 e. The third-order valence-electron chi connectivity index (χ3n) is 5.26. The normalized spacial score (nSPS) is 11.4. The number of hydrogen-bond acceptors (Lipinski definition) is 3. The highest BCUT2D eigenvalue weighted by Gasteiger charge is 2.14. The van der Waals surface area contributed by atoms with Gasteiger partial charge in [0, 0.05) is 26.6 Å². The third-order valence-corrected chi connectivity index (χ3v) is 5.26. The van der Waals surface area contributed by atoms with E-state index in [0.717, 1.165) is 34.3 Å². The SMILES string of the molecule is CCCn1c(=O)n(CCC(=O)NCc2nc3ccccc3n2C)c2ccccc21. The third kappa shape index (κ3) is 3.55. The number of hydrogen-bond donors (Lipinski definition) is 1. The van der Waals surface area contributed by atoms with Crippen LogP contribution in [-0.2, 0) is 31.5 Å². The minimum absolute atomic E-state index is 0.0591. The van der Waals surface area contributed by atoms with Gasteiger partial charge in [-0.2, -0.15) is 0 Å². The zero-order valence-corrected chi connectivity index (χ0v) is 16.8. The lowest BCUT2D eigenvalue weighted by molar-refractivity contribution is -0.121. The summed E-state index contributed by atoms with van der Waals surface area (Å²) in [5.74, 6) is 0.701. The van der Waals surface area contributed by atoms with Crippen LogP contribution in [0, 0.1) is 0 Å². The van der Waals surface area contributed by atoms with Crippen molar-refractivity contribution < 1.29 is 4.79 Å². The van der Waals surface area contributed by atoms with E-state index in [1.165, 1.54) is 0 Å². The summed E-state index contributed by atoms with van der Waals surface area (Å²) in [6, 6.07) is 15.6. The van der Waals surface area contributed by atoms with Gasteiger partial charge in [0.2, 0.25) is 5.91 Å². The van der Waals surface area contributed by atoms with E-state index in [1.807, 2.05) is 67.1 Å². The predicted molar refractivity (Wildman–Crippen MR) is 114 cm³/mol. The Balaban J connectivity index is 1.45. The summed E-state index contributed by atoms with van der Waals surface area (Å²) in [4.78, 5) is 29.8. The van der Waals surface area contributed by atoms with E-state index in [4.69, 9.17) is 0 Å². The second-order valence-electron chi connectivity index (χ2n) is 7.18. The van der Waals surface area contributed by atoms with E-state index in [1.54, 1.807) is 9.13 Å². The molecule has 0 aliphatic rings. The number of nitrogens with one attached hydrogen (secondary N) is 1. The van der Waals surface area contributed by atoms with Gasteiger partial charge < -0.3 is 9.88 Å². The molecule has 7 nitrogen and oxygen atoms in total. The molecule has 0 fully saturated rings. The number of carbonyl (C=O) groups is 1. The van der Waals surface area contributed by atoms with E-state index in [0.29, 0.717) is 19.6 Å². The van der Waals surface area contributed by atoms with Gasteiger partial charge in [-0.3, -0.25) is 13.9 Å². The Bertz CT molecular complexity index is 1230. The quantitative estimate of drug-likeness (QED) is 0.526. The Kier molecular flexibility index (Phi) is 5.20. The van der Waals surface area contributed by atoms with Crippen molar-refractivity contribution in [2.24, 2.45) is 7.05 Å². The molecular weight excluding hydrogens is 366 g/mol. The van der Waals surface area contributed by atoms with Crippen molar-refractivity contribution in [2.45, 2.75) is 39.4 Å². The van der Waals surface area contributed by atoms with Crippen LogP contribution in [0.2, 0.25) is 0 Å².